The first-order valence-corrected chi connectivity index (χ1v) is 7.06. The highest BCUT2D eigenvalue weighted by molar-refractivity contribution is 5.57. The summed E-state index contributed by atoms with van der Waals surface area (Å²) in [5.41, 5.74) is 1.51. The molecule has 1 heterocycles. The summed E-state index contributed by atoms with van der Waals surface area (Å²) in [7, 11) is 0. The fraction of sp³-hybridized carbons (Fsp3) is 0.500. The molecular weight excluding hydrogens is 286 g/mol. The summed E-state index contributed by atoms with van der Waals surface area (Å²) in [6, 6.07) is 4.88. The Morgan fingerprint density at radius 1 is 1.36 bits per heavy atom. The fourth-order valence-electron chi connectivity index (χ4n) is 2.35. The number of hydrogen-bond acceptors (Lipinski definition) is 7. The van der Waals surface area contributed by atoms with Gasteiger partial charge in [0.05, 0.1) is 11.5 Å². The predicted octanol–water partition coefficient (Wildman–Crippen LogP) is 2.48. The third kappa shape index (κ3) is 3.38. The monoisotopic (exact) mass is 305 g/mol. The highest BCUT2D eigenvalue weighted by atomic mass is 16.6. The maximum atomic E-state index is 11.3. The van der Waals surface area contributed by atoms with Crippen LogP contribution in [0.5, 0.6) is 0 Å². The third-order valence-corrected chi connectivity index (χ3v) is 3.36. The van der Waals surface area contributed by atoms with Gasteiger partial charge in [-0.05, 0) is 24.5 Å². The molecule has 0 spiro atoms. The Morgan fingerprint density at radius 3 is 2.59 bits per heavy atom. The molecule has 0 N–H and O–H groups in total. The Balaban J connectivity index is 2.11. The zero-order valence-corrected chi connectivity index (χ0v) is 12.8. The van der Waals surface area contributed by atoms with E-state index < -0.39 is 11.1 Å². The van der Waals surface area contributed by atoms with Gasteiger partial charge in [0.1, 0.15) is 0 Å². The molecule has 0 fully saturated rings. The van der Waals surface area contributed by atoms with Crippen molar-refractivity contribution in [2.75, 3.05) is 6.54 Å². The molecule has 0 saturated heterocycles. The number of nitrogens with zero attached hydrogens (tertiary/aromatic N) is 5. The molecule has 118 valence electrons. The lowest BCUT2D eigenvalue weighted by Crippen LogP contribution is -2.40. The van der Waals surface area contributed by atoms with Crippen LogP contribution in [0.3, 0.4) is 0 Å². The lowest BCUT2D eigenvalue weighted by molar-refractivity contribution is -0.385. The second-order valence-corrected chi connectivity index (χ2v) is 5.72. The zero-order chi connectivity index (χ0) is 16.3. The molecule has 0 radical (unpaired) electrons. The van der Waals surface area contributed by atoms with Gasteiger partial charge in [-0.3, -0.25) is 14.9 Å². The van der Waals surface area contributed by atoms with Crippen LogP contribution in [-0.4, -0.2) is 33.9 Å². The van der Waals surface area contributed by atoms with Crippen molar-refractivity contribution in [3.8, 4) is 0 Å². The summed E-state index contributed by atoms with van der Waals surface area (Å²) >= 11 is 0. The normalized spacial score (nSPS) is 17.4. The highest BCUT2D eigenvalue weighted by Gasteiger charge is 2.29. The van der Waals surface area contributed by atoms with E-state index >= 15 is 0 Å². The van der Waals surface area contributed by atoms with Gasteiger partial charge < -0.3 is 0 Å². The predicted molar refractivity (Wildman–Crippen MR) is 79.6 cm³/mol. The maximum absolute atomic E-state index is 11.3. The molecule has 8 heteroatoms. The number of benzene rings is 1. The molecule has 0 aliphatic carbocycles. The first-order chi connectivity index (χ1) is 10.4. The molecule has 1 aliphatic heterocycles. The summed E-state index contributed by atoms with van der Waals surface area (Å²) in [5.74, 6) is 0.364. The van der Waals surface area contributed by atoms with Crippen LogP contribution in [0, 0.1) is 23.0 Å². The minimum atomic E-state index is -0.530. The Hall–Kier alpha value is -2.51. The van der Waals surface area contributed by atoms with Gasteiger partial charge in [-0.1, -0.05) is 30.4 Å². The average molecular weight is 305 g/mol. The molecule has 0 aromatic heterocycles. The van der Waals surface area contributed by atoms with E-state index in [9.17, 15) is 14.9 Å². The standard InChI is InChI=1S/C14H19N5O3/c1-10(2)7-17-14(9-20)18(16-15-17)8-12-4-5-13(19(21)22)11(3)6-12/h4-6,9-10,14H,7-8H2,1-3H3. The first kappa shape index (κ1) is 15.9. The number of carbonyl (C=O) groups excluding carboxylic acids is 1. The number of rotatable bonds is 6. The van der Waals surface area contributed by atoms with Crippen molar-refractivity contribution in [2.45, 2.75) is 33.5 Å². The molecule has 1 aliphatic rings. The minimum Gasteiger partial charge on any atom is -0.299 e. The van der Waals surface area contributed by atoms with E-state index in [1.165, 1.54) is 6.07 Å². The van der Waals surface area contributed by atoms with Gasteiger partial charge in [0, 0.05) is 18.2 Å². The highest BCUT2D eigenvalue weighted by Crippen LogP contribution is 2.23. The number of hydrogen-bond donors (Lipinski definition) is 0. The van der Waals surface area contributed by atoms with Gasteiger partial charge in [-0.2, -0.15) is 0 Å². The van der Waals surface area contributed by atoms with Crippen molar-refractivity contribution >= 4 is 12.0 Å². The number of aryl methyl sites for hydroxylation is 1. The number of nitro benzene ring substituents is 1. The van der Waals surface area contributed by atoms with Crippen LogP contribution in [0.1, 0.15) is 25.0 Å². The number of aldehydes is 1. The van der Waals surface area contributed by atoms with Crippen molar-refractivity contribution in [3.05, 3.63) is 39.4 Å². The minimum absolute atomic E-state index is 0.0835. The Labute approximate surface area is 128 Å². The van der Waals surface area contributed by atoms with Crippen LogP contribution >= 0.6 is 0 Å². The van der Waals surface area contributed by atoms with Crippen molar-refractivity contribution in [1.29, 1.82) is 0 Å². The topological polar surface area (TPSA) is 91.4 Å². The van der Waals surface area contributed by atoms with Gasteiger partial charge in [-0.25, -0.2) is 10.0 Å². The smallest absolute Gasteiger partial charge is 0.272 e. The summed E-state index contributed by atoms with van der Waals surface area (Å²) in [4.78, 5) is 21.7. The SMILES string of the molecule is Cc1cc(CN2N=NN(CC(C)C)C2C=O)ccc1[N+](=O)[O-]. The summed E-state index contributed by atoms with van der Waals surface area (Å²) in [6.07, 6.45) is 0.276. The van der Waals surface area contributed by atoms with Gasteiger partial charge >= 0.3 is 0 Å². The quantitative estimate of drug-likeness (QED) is 0.457. The van der Waals surface area contributed by atoms with Crippen LogP contribution in [-0.2, 0) is 11.3 Å². The van der Waals surface area contributed by atoms with Crippen LogP contribution in [0.15, 0.2) is 28.6 Å². The molecule has 0 bridgehead atoms. The summed E-state index contributed by atoms with van der Waals surface area (Å²) in [5, 5.41) is 22.1. The van der Waals surface area contributed by atoms with Crippen molar-refractivity contribution in [1.82, 2.24) is 10.0 Å². The van der Waals surface area contributed by atoms with E-state index in [1.54, 1.807) is 29.1 Å². The van der Waals surface area contributed by atoms with E-state index in [0.717, 1.165) is 11.8 Å². The second-order valence-electron chi connectivity index (χ2n) is 5.72. The zero-order valence-electron chi connectivity index (χ0n) is 12.8. The van der Waals surface area contributed by atoms with Crippen LogP contribution in [0.25, 0.3) is 0 Å². The van der Waals surface area contributed by atoms with E-state index in [2.05, 4.69) is 10.4 Å². The summed E-state index contributed by atoms with van der Waals surface area (Å²) < 4.78 is 0. The molecular formula is C14H19N5O3. The van der Waals surface area contributed by atoms with Crippen molar-refractivity contribution < 1.29 is 9.72 Å². The Kier molecular flexibility index (Phi) is 4.69. The molecule has 1 atom stereocenters. The lowest BCUT2D eigenvalue weighted by Gasteiger charge is -2.24. The Bertz CT molecular complexity index is 602. The van der Waals surface area contributed by atoms with E-state index in [0.29, 0.717) is 24.6 Å². The van der Waals surface area contributed by atoms with Gasteiger partial charge in [0.25, 0.3) is 5.69 Å². The molecule has 1 unspecified atom stereocenters. The van der Waals surface area contributed by atoms with Crippen LogP contribution in [0.4, 0.5) is 5.69 Å². The average Bonchev–Trinajstić information content (AvgIpc) is 2.79. The molecule has 1 aromatic rings. The van der Waals surface area contributed by atoms with Crippen LogP contribution in [0.2, 0.25) is 0 Å². The molecule has 1 aromatic carbocycles. The number of carbonyl (C=O) groups is 1. The largest absolute Gasteiger partial charge is 0.299 e. The molecule has 8 nitrogen and oxygen atoms in total. The Morgan fingerprint density at radius 2 is 2.05 bits per heavy atom. The molecule has 22 heavy (non-hydrogen) atoms. The fourth-order valence-corrected chi connectivity index (χ4v) is 2.35. The summed E-state index contributed by atoms with van der Waals surface area (Å²) in [6.45, 7) is 6.79. The van der Waals surface area contributed by atoms with Crippen molar-refractivity contribution in [2.24, 2.45) is 16.4 Å². The number of nitro groups is 1. The van der Waals surface area contributed by atoms with Crippen molar-refractivity contribution in [3.63, 3.8) is 0 Å². The molecule has 2 rings (SSSR count). The maximum Gasteiger partial charge on any atom is 0.272 e. The van der Waals surface area contributed by atoms with Gasteiger partial charge in [0.2, 0.25) is 0 Å². The van der Waals surface area contributed by atoms with E-state index in [-0.39, 0.29) is 5.69 Å². The van der Waals surface area contributed by atoms with Crippen LogP contribution < -0.4 is 0 Å². The van der Waals surface area contributed by atoms with Gasteiger partial charge in [0.15, 0.2) is 12.5 Å². The first-order valence-electron chi connectivity index (χ1n) is 7.06. The van der Waals surface area contributed by atoms with Gasteiger partial charge in [-0.15, -0.1) is 0 Å². The van der Waals surface area contributed by atoms with E-state index in [1.807, 2.05) is 13.8 Å². The van der Waals surface area contributed by atoms with E-state index in [4.69, 9.17) is 0 Å². The second kappa shape index (κ2) is 6.50. The molecule has 0 amide bonds. The molecule has 0 saturated carbocycles. The lowest BCUT2D eigenvalue weighted by atomic mass is 10.1. The third-order valence-electron chi connectivity index (χ3n) is 3.36.